The zero-order chi connectivity index (χ0) is 22.7. The Labute approximate surface area is 194 Å². The number of hydrazone groups is 1. The van der Waals surface area contributed by atoms with Gasteiger partial charge < -0.3 is 9.88 Å². The molecule has 0 aliphatic heterocycles. The number of aryl methyl sites for hydroxylation is 1. The second kappa shape index (κ2) is 9.36. The number of nitrogens with zero attached hydrogens (tertiary/aromatic N) is 2. The molecule has 2 N–H and O–H groups in total. The maximum Gasteiger partial charge on any atom is 0.271 e. The molecule has 1 aromatic heterocycles. The van der Waals surface area contributed by atoms with Gasteiger partial charge in [0.15, 0.2) is 0 Å². The second-order valence-electron chi connectivity index (χ2n) is 7.51. The van der Waals surface area contributed by atoms with E-state index in [9.17, 15) is 9.59 Å². The van der Waals surface area contributed by atoms with Crippen LogP contribution in [0.5, 0.6) is 0 Å². The van der Waals surface area contributed by atoms with Crippen LogP contribution in [0.15, 0.2) is 76.3 Å². The van der Waals surface area contributed by atoms with Crippen LogP contribution in [-0.4, -0.2) is 22.1 Å². The summed E-state index contributed by atoms with van der Waals surface area (Å²) in [7, 11) is 0. The summed E-state index contributed by atoms with van der Waals surface area (Å²) in [6.07, 6.45) is 0.0787. The van der Waals surface area contributed by atoms with Gasteiger partial charge in [0, 0.05) is 49.8 Å². The van der Waals surface area contributed by atoms with Crippen LogP contribution in [0.25, 0.3) is 21.8 Å². The van der Waals surface area contributed by atoms with E-state index in [4.69, 9.17) is 0 Å². The third kappa shape index (κ3) is 4.57. The average Bonchev–Trinajstić information content (AvgIpc) is 3.11. The monoisotopic (exact) mass is 490 g/mol. The standard InChI is InChI=1S/C25H23BrN4O2/c1-3-30-22-7-5-4-6-20(22)21-15-19(12-13-23(21)30)27-24(31)14-16(2)28-29-25(32)17-8-10-18(26)11-9-17/h4-13,15H,3,14H2,1-2H3,(H,27,31)(H,29,32)/b28-16+. The topological polar surface area (TPSA) is 75.5 Å². The highest BCUT2D eigenvalue weighted by Gasteiger charge is 2.11. The lowest BCUT2D eigenvalue weighted by Crippen LogP contribution is -2.21. The molecule has 0 unspecified atom stereocenters. The molecule has 0 fully saturated rings. The summed E-state index contributed by atoms with van der Waals surface area (Å²) in [6, 6.07) is 21.2. The maximum absolute atomic E-state index is 12.5. The van der Waals surface area contributed by atoms with E-state index in [1.165, 1.54) is 5.52 Å². The second-order valence-corrected chi connectivity index (χ2v) is 8.43. The van der Waals surface area contributed by atoms with Crippen LogP contribution in [0, 0.1) is 0 Å². The summed E-state index contributed by atoms with van der Waals surface area (Å²) >= 11 is 3.34. The molecule has 6 nitrogen and oxygen atoms in total. The minimum absolute atomic E-state index is 0.0787. The van der Waals surface area contributed by atoms with E-state index in [2.05, 4.69) is 55.4 Å². The maximum atomic E-state index is 12.5. The Morgan fingerprint density at radius 3 is 2.44 bits per heavy atom. The molecule has 162 valence electrons. The summed E-state index contributed by atoms with van der Waals surface area (Å²) in [5.41, 5.74) is 6.54. The number of anilines is 1. The van der Waals surface area contributed by atoms with E-state index in [1.54, 1.807) is 31.2 Å². The number of para-hydroxylation sites is 1. The highest BCUT2D eigenvalue weighted by atomic mass is 79.9. The lowest BCUT2D eigenvalue weighted by atomic mass is 10.1. The molecule has 1 heterocycles. The van der Waals surface area contributed by atoms with Crippen LogP contribution >= 0.6 is 15.9 Å². The average molecular weight is 491 g/mol. The summed E-state index contributed by atoms with van der Waals surface area (Å²) in [4.78, 5) is 24.7. The Hall–Kier alpha value is -3.45. The number of carbonyl (C=O) groups excluding carboxylic acids is 2. The zero-order valence-electron chi connectivity index (χ0n) is 17.9. The van der Waals surface area contributed by atoms with Crippen molar-refractivity contribution in [2.75, 3.05) is 5.32 Å². The quantitative estimate of drug-likeness (QED) is 0.268. The zero-order valence-corrected chi connectivity index (χ0v) is 19.4. The molecule has 0 spiro atoms. The van der Waals surface area contributed by atoms with Gasteiger partial charge in [-0.05, 0) is 62.4 Å². The third-order valence-corrected chi connectivity index (χ3v) is 5.77. The number of benzene rings is 3. The Morgan fingerprint density at radius 1 is 0.969 bits per heavy atom. The number of amides is 2. The number of fused-ring (bicyclic) bond motifs is 3. The van der Waals surface area contributed by atoms with Gasteiger partial charge in [0.1, 0.15) is 0 Å². The lowest BCUT2D eigenvalue weighted by Gasteiger charge is -2.07. The number of carbonyl (C=O) groups is 2. The first kappa shape index (κ1) is 21.8. The van der Waals surface area contributed by atoms with Gasteiger partial charge >= 0.3 is 0 Å². The Balaban J connectivity index is 1.44. The lowest BCUT2D eigenvalue weighted by molar-refractivity contribution is -0.115. The number of halogens is 1. The number of rotatable bonds is 6. The smallest absolute Gasteiger partial charge is 0.271 e. The van der Waals surface area contributed by atoms with Crippen molar-refractivity contribution in [1.82, 2.24) is 9.99 Å². The van der Waals surface area contributed by atoms with Crippen LogP contribution in [-0.2, 0) is 11.3 Å². The van der Waals surface area contributed by atoms with Gasteiger partial charge in [-0.25, -0.2) is 5.43 Å². The number of hydrogen-bond acceptors (Lipinski definition) is 3. The first-order chi connectivity index (χ1) is 15.5. The van der Waals surface area contributed by atoms with Gasteiger partial charge in [0.25, 0.3) is 5.91 Å². The fourth-order valence-corrected chi connectivity index (χ4v) is 4.03. The molecule has 4 rings (SSSR count). The minimum Gasteiger partial charge on any atom is -0.341 e. The van der Waals surface area contributed by atoms with Crippen LogP contribution in [0.4, 0.5) is 5.69 Å². The molecular weight excluding hydrogens is 468 g/mol. The van der Waals surface area contributed by atoms with E-state index < -0.39 is 0 Å². The number of hydrogen-bond donors (Lipinski definition) is 2. The molecule has 7 heteroatoms. The summed E-state index contributed by atoms with van der Waals surface area (Å²) < 4.78 is 3.16. The van der Waals surface area contributed by atoms with Crippen molar-refractivity contribution in [1.29, 1.82) is 0 Å². The summed E-state index contributed by atoms with van der Waals surface area (Å²) in [6.45, 7) is 4.70. The van der Waals surface area contributed by atoms with E-state index in [1.807, 2.05) is 30.3 Å². The third-order valence-electron chi connectivity index (χ3n) is 5.24. The van der Waals surface area contributed by atoms with Crippen molar-refractivity contribution in [3.8, 4) is 0 Å². The predicted octanol–water partition coefficient (Wildman–Crippen LogP) is 5.71. The van der Waals surface area contributed by atoms with Gasteiger partial charge in [-0.2, -0.15) is 5.10 Å². The molecule has 0 saturated heterocycles. The van der Waals surface area contributed by atoms with E-state index in [-0.39, 0.29) is 18.2 Å². The highest BCUT2D eigenvalue weighted by molar-refractivity contribution is 9.10. The Bertz CT molecular complexity index is 1340. The molecule has 0 aliphatic rings. The SMILES string of the molecule is CCn1c2ccccc2c2cc(NC(=O)C/C(C)=N/NC(=O)c3ccc(Br)cc3)ccc21. The van der Waals surface area contributed by atoms with Crippen molar-refractivity contribution < 1.29 is 9.59 Å². The summed E-state index contributed by atoms with van der Waals surface area (Å²) in [5, 5.41) is 9.25. The van der Waals surface area contributed by atoms with Crippen molar-refractivity contribution >= 4 is 60.9 Å². The van der Waals surface area contributed by atoms with E-state index in [0.29, 0.717) is 11.3 Å². The van der Waals surface area contributed by atoms with Crippen LogP contribution in [0.2, 0.25) is 0 Å². The first-order valence-corrected chi connectivity index (χ1v) is 11.2. The predicted molar refractivity (Wildman–Crippen MR) is 133 cm³/mol. The summed E-state index contributed by atoms with van der Waals surface area (Å²) in [5.74, 6) is -0.516. The normalized spacial score (nSPS) is 11.7. The van der Waals surface area contributed by atoms with Crippen molar-refractivity contribution in [2.45, 2.75) is 26.8 Å². The Morgan fingerprint density at radius 2 is 1.69 bits per heavy atom. The molecular formula is C25H23BrN4O2. The molecule has 0 radical (unpaired) electrons. The molecule has 3 aromatic carbocycles. The van der Waals surface area contributed by atoms with Crippen LogP contribution in [0.3, 0.4) is 0 Å². The fourth-order valence-electron chi connectivity index (χ4n) is 3.76. The van der Waals surface area contributed by atoms with Gasteiger partial charge in [-0.3, -0.25) is 9.59 Å². The largest absolute Gasteiger partial charge is 0.341 e. The number of aromatic nitrogens is 1. The first-order valence-electron chi connectivity index (χ1n) is 10.4. The molecule has 0 aliphatic carbocycles. The van der Waals surface area contributed by atoms with Gasteiger partial charge in [0.05, 0.1) is 6.42 Å². The number of nitrogens with one attached hydrogen (secondary N) is 2. The molecule has 0 bridgehead atoms. The fraction of sp³-hybridized carbons (Fsp3) is 0.160. The van der Waals surface area contributed by atoms with Gasteiger partial charge in [-0.1, -0.05) is 34.1 Å². The molecule has 4 aromatic rings. The Kier molecular flexibility index (Phi) is 6.37. The van der Waals surface area contributed by atoms with E-state index in [0.717, 1.165) is 33.0 Å². The van der Waals surface area contributed by atoms with Crippen molar-refractivity contribution in [2.24, 2.45) is 5.10 Å². The van der Waals surface area contributed by atoms with E-state index >= 15 is 0 Å². The van der Waals surface area contributed by atoms with Crippen LogP contribution < -0.4 is 10.7 Å². The molecule has 2 amide bonds. The molecule has 0 atom stereocenters. The van der Waals surface area contributed by atoms with Crippen molar-refractivity contribution in [3.63, 3.8) is 0 Å². The highest BCUT2D eigenvalue weighted by Crippen LogP contribution is 2.31. The van der Waals surface area contributed by atoms with Gasteiger partial charge in [0.2, 0.25) is 5.91 Å². The molecule has 32 heavy (non-hydrogen) atoms. The van der Waals surface area contributed by atoms with Gasteiger partial charge in [-0.15, -0.1) is 0 Å². The van der Waals surface area contributed by atoms with Crippen molar-refractivity contribution in [3.05, 3.63) is 76.8 Å². The van der Waals surface area contributed by atoms with Crippen LogP contribution in [0.1, 0.15) is 30.6 Å². The minimum atomic E-state index is -0.324. The molecule has 0 saturated carbocycles.